The van der Waals surface area contributed by atoms with E-state index in [9.17, 15) is 10.2 Å². The summed E-state index contributed by atoms with van der Waals surface area (Å²) in [5.41, 5.74) is 12.1. The first kappa shape index (κ1) is 47.8. The molecule has 5 aromatic rings. The minimum absolute atomic E-state index is 0. The van der Waals surface area contributed by atoms with Gasteiger partial charge in [0.25, 0.3) is 0 Å². The van der Waals surface area contributed by atoms with Crippen molar-refractivity contribution in [3.8, 4) is 62.0 Å². The molecule has 1 heterocycles. The van der Waals surface area contributed by atoms with E-state index >= 15 is 0 Å². The fourth-order valence-corrected chi connectivity index (χ4v) is 15.0. The second-order valence-corrected chi connectivity index (χ2v) is 23.6. The number of ether oxygens (including phenoxy) is 1. The Kier molecular flexibility index (Phi) is 12.6. The SMILES string of the molecule is COc1cc(-c2ccccc2-c2cc(C(C)(C)C)cc(C34CC5CC(CC(C5)C3)C4)c2O)nc(-c2ccccc2-c2cc(C(C)(C)C)cc(C34CC5CC(CC(C5)C3)C4)c2O)c1.[CH3-].[CH3-].[Hf]. The Labute approximate surface area is 410 Å². The van der Waals surface area contributed by atoms with E-state index in [2.05, 4.69) is 114 Å². The van der Waals surface area contributed by atoms with Crippen LogP contribution in [0.1, 0.15) is 141 Å². The summed E-state index contributed by atoms with van der Waals surface area (Å²) < 4.78 is 6.08. The molecule has 2 N–H and O–H groups in total. The quantitative estimate of drug-likeness (QED) is 0.126. The predicted molar refractivity (Wildman–Crippen MR) is 266 cm³/mol. The zero-order valence-electron chi connectivity index (χ0n) is 40.8. The maximum Gasteiger partial charge on any atom is 0.127 e. The number of pyridine rings is 1. The molecule has 8 aliphatic carbocycles. The van der Waals surface area contributed by atoms with Gasteiger partial charge in [-0.3, -0.25) is 0 Å². The fourth-order valence-electron chi connectivity index (χ4n) is 15.0. The van der Waals surface area contributed by atoms with Crippen molar-refractivity contribution in [2.24, 2.45) is 35.5 Å². The molecular formula is C60H73HfNO3-2. The molecule has 0 amide bonds. The summed E-state index contributed by atoms with van der Waals surface area (Å²) in [6, 6.07) is 30.3. The molecule has 4 aromatic carbocycles. The third kappa shape index (κ3) is 8.18. The molecule has 8 bridgehead atoms. The molecule has 342 valence electrons. The molecule has 8 fully saturated rings. The Hall–Kier alpha value is -3.70. The Morgan fingerprint density at radius 3 is 1.08 bits per heavy atom. The van der Waals surface area contributed by atoms with Crippen molar-refractivity contribution >= 4 is 0 Å². The third-order valence-corrected chi connectivity index (χ3v) is 17.2. The van der Waals surface area contributed by atoms with Gasteiger partial charge in [-0.1, -0.05) is 102 Å². The molecule has 5 heteroatoms. The Morgan fingerprint density at radius 1 is 0.477 bits per heavy atom. The molecule has 0 saturated heterocycles. The summed E-state index contributed by atoms with van der Waals surface area (Å²) in [5.74, 6) is 6.28. The van der Waals surface area contributed by atoms with Crippen LogP contribution in [0.2, 0.25) is 0 Å². The maximum absolute atomic E-state index is 12.7. The molecular weight excluding hydrogens is 961 g/mol. The van der Waals surface area contributed by atoms with Gasteiger partial charge in [0, 0.05) is 71.4 Å². The van der Waals surface area contributed by atoms with E-state index in [1.54, 1.807) is 7.11 Å². The van der Waals surface area contributed by atoms with Crippen LogP contribution in [0.5, 0.6) is 17.2 Å². The van der Waals surface area contributed by atoms with Crippen molar-refractivity contribution in [1.29, 1.82) is 0 Å². The molecule has 0 unspecified atom stereocenters. The Morgan fingerprint density at radius 2 is 0.785 bits per heavy atom. The first-order valence-corrected chi connectivity index (χ1v) is 24.1. The molecule has 0 aliphatic heterocycles. The minimum Gasteiger partial charge on any atom is -0.507 e. The molecule has 1 aromatic heterocycles. The van der Waals surface area contributed by atoms with E-state index in [1.165, 1.54) is 99.3 Å². The van der Waals surface area contributed by atoms with Gasteiger partial charge in [-0.2, -0.15) is 0 Å². The standard InChI is InChI=1S/C58H67NO3.2CH3.Hf/c1-55(2,3)40-22-47(53(60)49(24-40)57-28-34-16-35(29-57)18-36(17-34)30-57)43-12-8-10-14-45(43)51-26-42(62-7)27-52(59-51)46-15-11-9-13-44(46)48-23-41(56(4,5)6)25-50(54(48)61)58-31-37-19-38(32-58)21-39(20-37)33-58;;;/h8-15,22-27,34-39,60-61H,16-21,28-33H2,1-7H3;2*1H3;/q;2*-1;. The van der Waals surface area contributed by atoms with Gasteiger partial charge in [0.05, 0.1) is 18.5 Å². The summed E-state index contributed by atoms with van der Waals surface area (Å²) in [7, 11) is 1.73. The van der Waals surface area contributed by atoms with Crippen molar-refractivity contribution in [2.45, 2.75) is 140 Å². The molecule has 0 radical (unpaired) electrons. The molecule has 8 aliphatic rings. The van der Waals surface area contributed by atoms with E-state index in [4.69, 9.17) is 9.72 Å². The topological polar surface area (TPSA) is 62.6 Å². The number of rotatable bonds is 7. The molecule has 0 spiro atoms. The number of hydrogen-bond donors (Lipinski definition) is 2. The third-order valence-electron chi connectivity index (χ3n) is 17.2. The first-order valence-electron chi connectivity index (χ1n) is 24.1. The predicted octanol–water partition coefficient (Wildman–Crippen LogP) is 15.6. The van der Waals surface area contributed by atoms with Crippen LogP contribution in [-0.2, 0) is 47.5 Å². The van der Waals surface area contributed by atoms with E-state index in [0.717, 1.165) is 86.0 Å². The van der Waals surface area contributed by atoms with Crippen molar-refractivity contribution in [2.75, 3.05) is 7.11 Å². The van der Waals surface area contributed by atoms with Crippen LogP contribution in [0, 0.1) is 50.4 Å². The average molecular weight is 1030 g/mol. The van der Waals surface area contributed by atoms with E-state index in [0.29, 0.717) is 11.5 Å². The van der Waals surface area contributed by atoms with Crippen LogP contribution in [0.4, 0.5) is 0 Å². The zero-order valence-corrected chi connectivity index (χ0v) is 44.4. The van der Waals surface area contributed by atoms with Crippen LogP contribution in [0.3, 0.4) is 0 Å². The summed E-state index contributed by atoms with van der Waals surface area (Å²) in [4.78, 5) is 5.51. The number of aromatic hydroxyl groups is 2. The summed E-state index contributed by atoms with van der Waals surface area (Å²) >= 11 is 0. The van der Waals surface area contributed by atoms with Crippen LogP contribution in [0.15, 0.2) is 84.9 Å². The summed E-state index contributed by atoms with van der Waals surface area (Å²) in [6.07, 6.45) is 15.4. The number of hydrogen-bond acceptors (Lipinski definition) is 4. The van der Waals surface area contributed by atoms with Gasteiger partial charge in [-0.05, 0) is 169 Å². The van der Waals surface area contributed by atoms with Crippen LogP contribution in [-0.4, -0.2) is 22.3 Å². The smallest absolute Gasteiger partial charge is 0.127 e. The Bertz CT molecular complexity index is 2350. The van der Waals surface area contributed by atoms with Gasteiger partial charge in [-0.15, -0.1) is 0 Å². The number of aromatic nitrogens is 1. The van der Waals surface area contributed by atoms with Gasteiger partial charge in [0.15, 0.2) is 0 Å². The fraction of sp³-hybridized carbons (Fsp3) is 0.483. The minimum atomic E-state index is -0.0923. The molecule has 4 nitrogen and oxygen atoms in total. The van der Waals surface area contributed by atoms with Crippen LogP contribution in [0.25, 0.3) is 44.8 Å². The molecule has 13 rings (SSSR count). The second kappa shape index (κ2) is 17.1. The largest absolute Gasteiger partial charge is 0.507 e. The van der Waals surface area contributed by atoms with Crippen LogP contribution >= 0.6 is 0 Å². The average Bonchev–Trinajstić information content (AvgIpc) is 3.22. The van der Waals surface area contributed by atoms with Gasteiger partial charge >= 0.3 is 0 Å². The summed E-state index contributed by atoms with van der Waals surface area (Å²) in [5, 5.41) is 25.4. The zero-order chi connectivity index (χ0) is 42.9. The molecule has 8 saturated carbocycles. The van der Waals surface area contributed by atoms with E-state index in [1.807, 2.05) is 12.1 Å². The number of phenolic OH excluding ortho intramolecular Hbond substituents is 2. The summed E-state index contributed by atoms with van der Waals surface area (Å²) in [6.45, 7) is 13.8. The van der Waals surface area contributed by atoms with Gasteiger partial charge in [0.1, 0.15) is 17.2 Å². The van der Waals surface area contributed by atoms with E-state index in [-0.39, 0.29) is 62.4 Å². The maximum atomic E-state index is 12.7. The first-order chi connectivity index (χ1) is 29.6. The Balaban J connectivity index is 0.00000192. The van der Waals surface area contributed by atoms with Crippen LogP contribution < -0.4 is 4.74 Å². The number of benzene rings is 4. The van der Waals surface area contributed by atoms with Gasteiger partial charge in [0.2, 0.25) is 0 Å². The normalized spacial score (nSPS) is 28.3. The second-order valence-electron chi connectivity index (χ2n) is 23.6. The van der Waals surface area contributed by atoms with Crippen molar-refractivity contribution in [3.05, 3.63) is 122 Å². The van der Waals surface area contributed by atoms with Crippen molar-refractivity contribution in [3.63, 3.8) is 0 Å². The number of nitrogens with zero attached hydrogens (tertiary/aromatic N) is 1. The monoisotopic (exact) mass is 1040 g/mol. The van der Waals surface area contributed by atoms with Gasteiger partial charge < -0.3 is 29.8 Å². The molecule has 65 heavy (non-hydrogen) atoms. The van der Waals surface area contributed by atoms with E-state index < -0.39 is 0 Å². The number of phenols is 2. The van der Waals surface area contributed by atoms with Gasteiger partial charge in [-0.25, -0.2) is 4.98 Å². The van der Waals surface area contributed by atoms with Crippen molar-refractivity contribution in [1.82, 2.24) is 4.98 Å². The number of methoxy groups -OCH3 is 1. The molecule has 0 atom stereocenters. The van der Waals surface area contributed by atoms with Crippen molar-refractivity contribution < 1.29 is 40.8 Å².